The largest absolute Gasteiger partial charge is 0.312 e. The predicted molar refractivity (Wildman–Crippen MR) is 73.0 cm³/mol. The maximum Gasteiger partial charge on any atom is 0.0167 e. The number of nitrogens with zero attached hydrogens (tertiary/aromatic N) is 2. The van der Waals surface area contributed by atoms with Gasteiger partial charge in [-0.05, 0) is 33.1 Å². The highest BCUT2D eigenvalue weighted by Gasteiger charge is 2.06. The molecular weight excluding hydrogens is 198 g/mol. The minimum Gasteiger partial charge on any atom is -0.312 e. The van der Waals surface area contributed by atoms with Crippen molar-refractivity contribution < 1.29 is 0 Å². The molecule has 0 aromatic heterocycles. The summed E-state index contributed by atoms with van der Waals surface area (Å²) in [7, 11) is 0. The van der Waals surface area contributed by atoms with Crippen molar-refractivity contribution in [3.63, 3.8) is 0 Å². The van der Waals surface area contributed by atoms with Gasteiger partial charge in [0.15, 0.2) is 0 Å². The zero-order valence-electron chi connectivity index (χ0n) is 11.9. The third-order valence-corrected chi connectivity index (χ3v) is 3.24. The SMILES string of the molecule is CCN(CC)CCNC(C)CN(CC)CC. The Bertz CT molecular complexity index is 142. The summed E-state index contributed by atoms with van der Waals surface area (Å²) in [5, 5.41) is 3.60. The highest BCUT2D eigenvalue weighted by molar-refractivity contribution is 4.67. The van der Waals surface area contributed by atoms with Gasteiger partial charge in [-0.25, -0.2) is 0 Å². The third-order valence-electron chi connectivity index (χ3n) is 3.24. The maximum atomic E-state index is 3.60. The second-order valence-electron chi connectivity index (χ2n) is 4.37. The van der Waals surface area contributed by atoms with Crippen LogP contribution in [0.4, 0.5) is 0 Å². The van der Waals surface area contributed by atoms with E-state index >= 15 is 0 Å². The molecule has 98 valence electrons. The van der Waals surface area contributed by atoms with Crippen molar-refractivity contribution in [3.8, 4) is 0 Å². The molecule has 1 atom stereocenters. The Labute approximate surface area is 102 Å². The van der Waals surface area contributed by atoms with Gasteiger partial charge in [0.05, 0.1) is 0 Å². The summed E-state index contributed by atoms with van der Waals surface area (Å²) in [5.41, 5.74) is 0. The van der Waals surface area contributed by atoms with E-state index in [2.05, 4.69) is 49.7 Å². The fourth-order valence-corrected chi connectivity index (χ4v) is 1.94. The minimum atomic E-state index is 0.593. The second kappa shape index (κ2) is 10.1. The average molecular weight is 229 g/mol. The molecule has 0 rings (SSSR count). The van der Waals surface area contributed by atoms with Crippen LogP contribution in [0.15, 0.2) is 0 Å². The Balaban J connectivity index is 3.60. The van der Waals surface area contributed by atoms with E-state index in [1.165, 1.54) is 0 Å². The van der Waals surface area contributed by atoms with Crippen LogP contribution in [-0.4, -0.2) is 61.7 Å². The molecule has 0 aliphatic carbocycles. The van der Waals surface area contributed by atoms with Gasteiger partial charge in [0.2, 0.25) is 0 Å². The lowest BCUT2D eigenvalue weighted by Gasteiger charge is -2.25. The average Bonchev–Trinajstić information content (AvgIpc) is 2.31. The zero-order chi connectivity index (χ0) is 12.4. The lowest BCUT2D eigenvalue weighted by Crippen LogP contribution is -2.42. The highest BCUT2D eigenvalue weighted by Crippen LogP contribution is 1.92. The number of rotatable bonds is 10. The fraction of sp³-hybridized carbons (Fsp3) is 1.00. The summed E-state index contributed by atoms with van der Waals surface area (Å²) in [5.74, 6) is 0. The highest BCUT2D eigenvalue weighted by atomic mass is 15.2. The number of likely N-dealkylation sites (N-methyl/N-ethyl adjacent to an activating group) is 2. The summed E-state index contributed by atoms with van der Waals surface area (Å²) in [6, 6.07) is 0.593. The molecule has 0 saturated carbocycles. The molecule has 16 heavy (non-hydrogen) atoms. The summed E-state index contributed by atoms with van der Waals surface area (Å²) in [6.45, 7) is 19.2. The number of hydrogen-bond donors (Lipinski definition) is 1. The summed E-state index contributed by atoms with van der Waals surface area (Å²) >= 11 is 0. The quantitative estimate of drug-likeness (QED) is 0.614. The molecule has 0 aromatic carbocycles. The first-order valence-electron chi connectivity index (χ1n) is 6.85. The summed E-state index contributed by atoms with van der Waals surface area (Å²) in [6.07, 6.45) is 0. The molecule has 1 N–H and O–H groups in total. The fourth-order valence-electron chi connectivity index (χ4n) is 1.94. The molecule has 1 unspecified atom stereocenters. The number of hydrogen-bond acceptors (Lipinski definition) is 3. The van der Waals surface area contributed by atoms with E-state index in [0.29, 0.717) is 6.04 Å². The smallest absolute Gasteiger partial charge is 0.0167 e. The lowest BCUT2D eigenvalue weighted by molar-refractivity contribution is 0.257. The van der Waals surface area contributed by atoms with Gasteiger partial charge in [0, 0.05) is 25.7 Å². The van der Waals surface area contributed by atoms with E-state index in [0.717, 1.165) is 45.8 Å². The van der Waals surface area contributed by atoms with Crippen LogP contribution >= 0.6 is 0 Å². The maximum absolute atomic E-state index is 3.60. The third kappa shape index (κ3) is 7.20. The molecule has 3 nitrogen and oxygen atoms in total. The first-order valence-corrected chi connectivity index (χ1v) is 6.85. The first-order chi connectivity index (χ1) is 7.67. The topological polar surface area (TPSA) is 18.5 Å². The van der Waals surface area contributed by atoms with Gasteiger partial charge in [-0.2, -0.15) is 0 Å². The van der Waals surface area contributed by atoms with E-state index in [1.54, 1.807) is 0 Å². The lowest BCUT2D eigenvalue weighted by atomic mass is 10.3. The summed E-state index contributed by atoms with van der Waals surface area (Å²) < 4.78 is 0. The summed E-state index contributed by atoms with van der Waals surface area (Å²) in [4.78, 5) is 4.92. The van der Waals surface area contributed by atoms with Crippen LogP contribution in [0.25, 0.3) is 0 Å². The molecule has 0 aliphatic rings. The Morgan fingerprint density at radius 1 is 0.875 bits per heavy atom. The van der Waals surface area contributed by atoms with Crippen LogP contribution in [-0.2, 0) is 0 Å². The molecule has 0 spiro atoms. The van der Waals surface area contributed by atoms with Crippen molar-refractivity contribution >= 4 is 0 Å². The van der Waals surface area contributed by atoms with Gasteiger partial charge in [-0.3, -0.25) is 0 Å². The molecule has 0 aromatic rings. The van der Waals surface area contributed by atoms with Crippen molar-refractivity contribution in [1.82, 2.24) is 15.1 Å². The molecule has 0 saturated heterocycles. The molecule has 0 radical (unpaired) electrons. The van der Waals surface area contributed by atoms with Crippen molar-refractivity contribution in [2.75, 3.05) is 45.8 Å². The monoisotopic (exact) mass is 229 g/mol. The van der Waals surface area contributed by atoms with E-state index in [4.69, 9.17) is 0 Å². The predicted octanol–water partition coefficient (Wildman–Crippen LogP) is 1.65. The molecular formula is C13H31N3. The van der Waals surface area contributed by atoms with Crippen molar-refractivity contribution in [2.24, 2.45) is 0 Å². The van der Waals surface area contributed by atoms with Crippen molar-refractivity contribution in [1.29, 1.82) is 0 Å². The molecule has 0 heterocycles. The molecule has 0 fully saturated rings. The van der Waals surface area contributed by atoms with Crippen LogP contribution in [0.5, 0.6) is 0 Å². The number of nitrogens with one attached hydrogen (secondary N) is 1. The van der Waals surface area contributed by atoms with Crippen molar-refractivity contribution in [3.05, 3.63) is 0 Å². The van der Waals surface area contributed by atoms with E-state index < -0.39 is 0 Å². The van der Waals surface area contributed by atoms with Gasteiger partial charge in [-0.15, -0.1) is 0 Å². The molecule has 0 aliphatic heterocycles. The van der Waals surface area contributed by atoms with Gasteiger partial charge < -0.3 is 15.1 Å². The van der Waals surface area contributed by atoms with Crippen LogP contribution in [0.1, 0.15) is 34.6 Å². The van der Waals surface area contributed by atoms with E-state index in [1.807, 2.05) is 0 Å². The molecule has 3 heteroatoms. The Morgan fingerprint density at radius 3 is 1.81 bits per heavy atom. The Morgan fingerprint density at radius 2 is 1.38 bits per heavy atom. The van der Waals surface area contributed by atoms with Crippen LogP contribution in [0, 0.1) is 0 Å². The minimum absolute atomic E-state index is 0.593. The van der Waals surface area contributed by atoms with Crippen molar-refractivity contribution in [2.45, 2.75) is 40.7 Å². The van der Waals surface area contributed by atoms with Crippen LogP contribution in [0.2, 0.25) is 0 Å². The first kappa shape index (κ1) is 15.9. The van der Waals surface area contributed by atoms with E-state index in [-0.39, 0.29) is 0 Å². The Kier molecular flexibility index (Phi) is 9.99. The molecule has 0 amide bonds. The van der Waals surface area contributed by atoms with Crippen LogP contribution in [0.3, 0.4) is 0 Å². The normalized spacial score (nSPS) is 13.7. The standard InChI is InChI=1S/C13H31N3/c1-6-15(7-2)11-10-14-13(5)12-16(8-3)9-4/h13-14H,6-12H2,1-5H3. The van der Waals surface area contributed by atoms with Gasteiger partial charge in [-0.1, -0.05) is 27.7 Å². The van der Waals surface area contributed by atoms with Gasteiger partial charge >= 0.3 is 0 Å². The van der Waals surface area contributed by atoms with E-state index in [9.17, 15) is 0 Å². The Hall–Kier alpha value is -0.120. The van der Waals surface area contributed by atoms with Gasteiger partial charge in [0.1, 0.15) is 0 Å². The second-order valence-corrected chi connectivity index (χ2v) is 4.37. The van der Waals surface area contributed by atoms with Crippen LogP contribution < -0.4 is 5.32 Å². The molecule has 0 bridgehead atoms. The zero-order valence-corrected chi connectivity index (χ0v) is 11.9. The van der Waals surface area contributed by atoms with Gasteiger partial charge in [0.25, 0.3) is 0 Å².